The van der Waals surface area contributed by atoms with Crippen LogP contribution in [0.2, 0.25) is 0 Å². The molecule has 0 unspecified atom stereocenters. The number of nitrogens with one attached hydrogen (secondary N) is 1. The van der Waals surface area contributed by atoms with E-state index < -0.39 is 0 Å². The van der Waals surface area contributed by atoms with Gasteiger partial charge in [0, 0.05) is 25.9 Å². The van der Waals surface area contributed by atoms with Crippen molar-refractivity contribution >= 4 is 5.91 Å². The van der Waals surface area contributed by atoms with Crippen LogP contribution in [-0.2, 0) is 11.3 Å². The second-order valence-electron chi connectivity index (χ2n) is 3.88. The SMILES string of the molecule is CCn1nccc1C(=O)NC[C@@H]1CCCO1. The number of hydrogen-bond acceptors (Lipinski definition) is 3. The second kappa shape index (κ2) is 5.12. The molecular formula is C11H17N3O2. The molecule has 1 N–H and O–H groups in total. The molecule has 1 aliphatic rings. The van der Waals surface area contributed by atoms with Crippen molar-refractivity contribution in [3.63, 3.8) is 0 Å². The Morgan fingerprint density at radius 1 is 1.75 bits per heavy atom. The highest BCUT2D eigenvalue weighted by molar-refractivity contribution is 5.92. The first kappa shape index (κ1) is 11.1. The summed E-state index contributed by atoms with van der Waals surface area (Å²) >= 11 is 0. The smallest absolute Gasteiger partial charge is 0.269 e. The van der Waals surface area contributed by atoms with Crippen molar-refractivity contribution in [2.24, 2.45) is 0 Å². The van der Waals surface area contributed by atoms with E-state index in [2.05, 4.69) is 10.4 Å². The fourth-order valence-corrected chi connectivity index (χ4v) is 1.88. The predicted molar refractivity (Wildman–Crippen MR) is 59.2 cm³/mol. The molecule has 1 aliphatic heterocycles. The normalized spacial score (nSPS) is 19.9. The highest BCUT2D eigenvalue weighted by Crippen LogP contribution is 2.10. The summed E-state index contributed by atoms with van der Waals surface area (Å²) in [6.07, 6.45) is 3.95. The lowest BCUT2D eigenvalue weighted by atomic mass is 10.2. The molecule has 16 heavy (non-hydrogen) atoms. The molecule has 0 aliphatic carbocycles. The Kier molecular flexibility index (Phi) is 3.56. The van der Waals surface area contributed by atoms with Gasteiger partial charge in [-0.1, -0.05) is 0 Å². The van der Waals surface area contributed by atoms with Crippen molar-refractivity contribution in [3.8, 4) is 0 Å². The summed E-state index contributed by atoms with van der Waals surface area (Å²) in [6.45, 7) is 4.07. The number of nitrogens with zero attached hydrogens (tertiary/aromatic N) is 2. The Morgan fingerprint density at radius 3 is 3.31 bits per heavy atom. The van der Waals surface area contributed by atoms with Gasteiger partial charge in [0.2, 0.25) is 0 Å². The Labute approximate surface area is 94.8 Å². The lowest BCUT2D eigenvalue weighted by Crippen LogP contribution is -2.33. The Morgan fingerprint density at radius 2 is 2.62 bits per heavy atom. The number of carbonyl (C=O) groups is 1. The van der Waals surface area contributed by atoms with Crippen molar-refractivity contribution in [3.05, 3.63) is 18.0 Å². The summed E-state index contributed by atoms with van der Waals surface area (Å²) in [5.74, 6) is -0.0742. The third-order valence-electron chi connectivity index (χ3n) is 2.76. The van der Waals surface area contributed by atoms with Crippen molar-refractivity contribution < 1.29 is 9.53 Å². The van der Waals surface area contributed by atoms with Crippen molar-refractivity contribution in [1.29, 1.82) is 0 Å². The molecule has 0 aromatic carbocycles. The van der Waals surface area contributed by atoms with Crippen LogP contribution < -0.4 is 5.32 Å². The Hall–Kier alpha value is -1.36. The molecule has 0 bridgehead atoms. The molecule has 0 spiro atoms. The largest absolute Gasteiger partial charge is 0.376 e. The zero-order valence-electron chi connectivity index (χ0n) is 9.48. The summed E-state index contributed by atoms with van der Waals surface area (Å²) in [4.78, 5) is 11.8. The first-order valence-corrected chi connectivity index (χ1v) is 5.73. The average Bonchev–Trinajstić information content (AvgIpc) is 2.96. The van der Waals surface area contributed by atoms with E-state index in [1.165, 1.54) is 0 Å². The van der Waals surface area contributed by atoms with Crippen LogP contribution in [-0.4, -0.2) is 34.9 Å². The van der Waals surface area contributed by atoms with E-state index in [9.17, 15) is 4.79 Å². The van der Waals surface area contributed by atoms with Gasteiger partial charge in [0.25, 0.3) is 5.91 Å². The van der Waals surface area contributed by atoms with Gasteiger partial charge in [-0.2, -0.15) is 5.10 Å². The van der Waals surface area contributed by atoms with Gasteiger partial charge < -0.3 is 10.1 Å². The van der Waals surface area contributed by atoms with Gasteiger partial charge in [-0.15, -0.1) is 0 Å². The van der Waals surface area contributed by atoms with Crippen molar-refractivity contribution in [2.45, 2.75) is 32.4 Å². The maximum Gasteiger partial charge on any atom is 0.269 e. The summed E-state index contributed by atoms with van der Waals surface area (Å²) in [5, 5.41) is 6.94. The lowest BCUT2D eigenvalue weighted by Gasteiger charge is -2.11. The number of aromatic nitrogens is 2. The third kappa shape index (κ3) is 2.41. The van der Waals surface area contributed by atoms with Crippen LogP contribution in [0.1, 0.15) is 30.3 Å². The van der Waals surface area contributed by atoms with Crippen LogP contribution in [0.5, 0.6) is 0 Å². The van der Waals surface area contributed by atoms with E-state index in [0.29, 0.717) is 18.8 Å². The molecule has 5 heteroatoms. The standard InChI is InChI=1S/C11H17N3O2/c1-2-14-10(5-6-13-14)11(15)12-8-9-4-3-7-16-9/h5-6,9H,2-4,7-8H2,1H3,(H,12,15)/t9-/m0/s1. The van der Waals surface area contributed by atoms with Gasteiger partial charge in [-0.05, 0) is 25.8 Å². The molecule has 0 radical (unpaired) electrons. The topological polar surface area (TPSA) is 56.2 Å². The highest BCUT2D eigenvalue weighted by Gasteiger charge is 2.17. The molecule has 1 aromatic heterocycles. The quantitative estimate of drug-likeness (QED) is 0.822. The molecule has 2 heterocycles. The summed E-state index contributed by atoms with van der Waals surface area (Å²) in [6, 6.07) is 1.73. The van der Waals surface area contributed by atoms with Crippen molar-refractivity contribution in [2.75, 3.05) is 13.2 Å². The van der Waals surface area contributed by atoms with Gasteiger partial charge in [0.1, 0.15) is 5.69 Å². The van der Waals surface area contributed by atoms with Gasteiger partial charge in [-0.25, -0.2) is 0 Å². The van der Waals surface area contributed by atoms with Gasteiger partial charge in [-0.3, -0.25) is 9.48 Å². The van der Waals surface area contributed by atoms with Gasteiger partial charge in [0.15, 0.2) is 0 Å². The fraction of sp³-hybridized carbons (Fsp3) is 0.636. The maximum absolute atomic E-state index is 11.8. The minimum absolute atomic E-state index is 0.0742. The van der Waals surface area contributed by atoms with Gasteiger partial charge >= 0.3 is 0 Å². The van der Waals surface area contributed by atoms with Crippen LogP contribution in [0.3, 0.4) is 0 Å². The molecule has 0 saturated carbocycles. The fourth-order valence-electron chi connectivity index (χ4n) is 1.88. The number of hydrogen-bond donors (Lipinski definition) is 1. The molecular weight excluding hydrogens is 206 g/mol. The summed E-state index contributed by atoms with van der Waals surface area (Å²) in [5.41, 5.74) is 0.612. The molecule has 5 nitrogen and oxygen atoms in total. The van der Waals surface area contributed by atoms with Crippen LogP contribution >= 0.6 is 0 Å². The monoisotopic (exact) mass is 223 g/mol. The van der Waals surface area contributed by atoms with E-state index in [1.807, 2.05) is 6.92 Å². The second-order valence-corrected chi connectivity index (χ2v) is 3.88. The molecule has 1 atom stereocenters. The number of ether oxygens (including phenoxy) is 1. The van der Waals surface area contributed by atoms with E-state index in [4.69, 9.17) is 4.74 Å². The number of carbonyl (C=O) groups excluding carboxylic acids is 1. The van der Waals surface area contributed by atoms with Crippen LogP contribution in [0.25, 0.3) is 0 Å². The number of aryl methyl sites for hydroxylation is 1. The Balaban J connectivity index is 1.87. The Bertz CT molecular complexity index is 356. The summed E-state index contributed by atoms with van der Waals surface area (Å²) in [7, 11) is 0. The molecule has 1 aromatic rings. The third-order valence-corrected chi connectivity index (χ3v) is 2.76. The zero-order valence-corrected chi connectivity index (χ0v) is 9.48. The minimum atomic E-state index is -0.0742. The first-order chi connectivity index (χ1) is 7.81. The summed E-state index contributed by atoms with van der Waals surface area (Å²) < 4.78 is 7.13. The van der Waals surface area contributed by atoms with Crippen LogP contribution in [0.4, 0.5) is 0 Å². The molecule has 88 valence electrons. The molecule has 2 rings (SSSR count). The highest BCUT2D eigenvalue weighted by atomic mass is 16.5. The molecule has 1 fully saturated rings. The predicted octanol–water partition coefficient (Wildman–Crippen LogP) is 0.812. The van der Waals surface area contributed by atoms with E-state index in [0.717, 1.165) is 19.4 Å². The van der Waals surface area contributed by atoms with Crippen LogP contribution in [0.15, 0.2) is 12.3 Å². The minimum Gasteiger partial charge on any atom is -0.376 e. The number of rotatable bonds is 4. The molecule has 1 saturated heterocycles. The van der Waals surface area contributed by atoms with E-state index in [-0.39, 0.29) is 12.0 Å². The molecule has 1 amide bonds. The average molecular weight is 223 g/mol. The van der Waals surface area contributed by atoms with Gasteiger partial charge in [0.05, 0.1) is 6.10 Å². The maximum atomic E-state index is 11.8. The zero-order chi connectivity index (χ0) is 11.4. The first-order valence-electron chi connectivity index (χ1n) is 5.73. The van der Waals surface area contributed by atoms with Crippen LogP contribution in [0, 0.1) is 0 Å². The van der Waals surface area contributed by atoms with E-state index in [1.54, 1.807) is 16.9 Å². The lowest BCUT2D eigenvalue weighted by molar-refractivity contribution is 0.0849. The van der Waals surface area contributed by atoms with E-state index >= 15 is 0 Å². The van der Waals surface area contributed by atoms with Crippen molar-refractivity contribution in [1.82, 2.24) is 15.1 Å². The number of amides is 1.